The van der Waals surface area contributed by atoms with Gasteiger partial charge in [0.1, 0.15) is 5.75 Å². The number of benzene rings is 1. The molecule has 0 aliphatic carbocycles. The molecule has 102 valence electrons. The fourth-order valence-corrected chi connectivity index (χ4v) is 2.51. The number of ether oxygens (including phenoxy) is 1. The maximum Gasteiger partial charge on any atom is 0.181 e. The number of fused-ring (bicyclic) bond motifs is 1. The Morgan fingerprint density at radius 2 is 2.10 bits per heavy atom. The molecule has 1 aliphatic rings. The lowest BCUT2D eigenvalue weighted by atomic mass is 9.92. The summed E-state index contributed by atoms with van der Waals surface area (Å²) in [6.07, 6.45) is 3.90. The van der Waals surface area contributed by atoms with Crippen molar-refractivity contribution in [1.29, 1.82) is 0 Å². The monoisotopic (exact) mass is 268 g/mol. The lowest BCUT2D eigenvalue weighted by molar-refractivity contribution is 0.0937. The standard InChI is InChI=1S/C16H16N2O2/c1-20-14-6-13(8-17-10-14)16(19)15-7-11-4-2-3-5-12(11)9-18-15/h2-6,8,10,15,18H,7,9H2,1H3. The van der Waals surface area contributed by atoms with Crippen LogP contribution in [-0.2, 0) is 13.0 Å². The van der Waals surface area contributed by atoms with Crippen LogP contribution < -0.4 is 10.1 Å². The molecule has 3 rings (SSSR count). The predicted octanol–water partition coefficient (Wildman–Crippen LogP) is 1.99. The quantitative estimate of drug-likeness (QED) is 0.865. The second-order valence-corrected chi connectivity index (χ2v) is 4.88. The van der Waals surface area contributed by atoms with Gasteiger partial charge in [-0.15, -0.1) is 0 Å². The SMILES string of the molecule is COc1cncc(C(=O)C2Cc3ccccc3CN2)c1. The molecule has 4 nitrogen and oxygen atoms in total. The van der Waals surface area contributed by atoms with Gasteiger partial charge in [-0.05, 0) is 23.6 Å². The Labute approximate surface area is 117 Å². The Morgan fingerprint density at radius 1 is 1.30 bits per heavy atom. The Balaban J connectivity index is 1.82. The van der Waals surface area contributed by atoms with Gasteiger partial charge in [-0.25, -0.2) is 0 Å². The van der Waals surface area contributed by atoms with E-state index in [4.69, 9.17) is 4.74 Å². The molecule has 0 saturated heterocycles. The van der Waals surface area contributed by atoms with Crippen LogP contribution in [0, 0.1) is 0 Å². The second-order valence-electron chi connectivity index (χ2n) is 4.88. The third-order valence-electron chi connectivity index (χ3n) is 3.63. The maximum absolute atomic E-state index is 12.5. The minimum atomic E-state index is -0.196. The Hall–Kier alpha value is -2.20. The molecule has 0 spiro atoms. The van der Waals surface area contributed by atoms with E-state index in [0.717, 1.165) is 6.54 Å². The van der Waals surface area contributed by atoms with Crippen molar-refractivity contribution in [2.24, 2.45) is 0 Å². The summed E-state index contributed by atoms with van der Waals surface area (Å²) in [4.78, 5) is 16.6. The average molecular weight is 268 g/mol. The summed E-state index contributed by atoms with van der Waals surface area (Å²) in [5.74, 6) is 0.665. The van der Waals surface area contributed by atoms with Gasteiger partial charge in [0.25, 0.3) is 0 Å². The van der Waals surface area contributed by atoms with Crippen molar-refractivity contribution < 1.29 is 9.53 Å². The fourth-order valence-electron chi connectivity index (χ4n) is 2.51. The van der Waals surface area contributed by atoms with Gasteiger partial charge in [0, 0.05) is 18.3 Å². The summed E-state index contributed by atoms with van der Waals surface area (Å²) < 4.78 is 5.11. The molecule has 0 fully saturated rings. The maximum atomic E-state index is 12.5. The van der Waals surface area contributed by atoms with Gasteiger partial charge < -0.3 is 10.1 Å². The summed E-state index contributed by atoms with van der Waals surface area (Å²) >= 11 is 0. The van der Waals surface area contributed by atoms with Crippen molar-refractivity contribution >= 4 is 5.78 Å². The van der Waals surface area contributed by atoms with Crippen LogP contribution in [0.4, 0.5) is 0 Å². The van der Waals surface area contributed by atoms with Crippen LogP contribution in [0.5, 0.6) is 5.75 Å². The van der Waals surface area contributed by atoms with E-state index in [2.05, 4.69) is 22.4 Å². The third-order valence-corrected chi connectivity index (χ3v) is 3.63. The van der Waals surface area contributed by atoms with Gasteiger partial charge in [-0.3, -0.25) is 9.78 Å². The van der Waals surface area contributed by atoms with Gasteiger partial charge in [-0.2, -0.15) is 0 Å². The number of nitrogens with zero attached hydrogens (tertiary/aromatic N) is 1. The first-order valence-electron chi connectivity index (χ1n) is 6.61. The molecule has 2 heterocycles. The minimum Gasteiger partial charge on any atom is -0.495 e. The topological polar surface area (TPSA) is 51.2 Å². The van der Waals surface area contributed by atoms with Crippen molar-refractivity contribution in [3.05, 3.63) is 59.4 Å². The molecule has 1 aromatic carbocycles. The molecule has 0 amide bonds. The lowest BCUT2D eigenvalue weighted by Gasteiger charge is -2.25. The number of hydrogen-bond acceptors (Lipinski definition) is 4. The number of ketones is 1. The van der Waals surface area contributed by atoms with Gasteiger partial charge >= 0.3 is 0 Å². The first kappa shape index (κ1) is 12.8. The van der Waals surface area contributed by atoms with Gasteiger partial charge in [-0.1, -0.05) is 24.3 Å². The first-order valence-corrected chi connectivity index (χ1v) is 6.61. The van der Waals surface area contributed by atoms with E-state index in [1.54, 1.807) is 25.6 Å². The van der Waals surface area contributed by atoms with Gasteiger partial charge in [0.15, 0.2) is 5.78 Å². The van der Waals surface area contributed by atoms with Crippen LogP contribution in [0.15, 0.2) is 42.7 Å². The lowest BCUT2D eigenvalue weighted by Crippen LogP contribution is -2.41. The molecule has 20 heavy (non-hydrogen) atoms. The minimum absolute atomic E-state index is 0.0610. The van der Waals surface area contributed by atoms with Crippen molar-refractivity contribution in [1.82, 2.24) is 10.3 Å². The van der Waals surface area contributed by atoms with Crippen LogP contribution in [0.25, 0.3) is 0 Å². The van der Waals surface area contributed by atoms with Crippen molar-refractivity contribution in [2.75, 3.05) is 7.11 Å². The summed E-state index contributed by atoms with van der Waals surface area (Å²) in [6, 6.07) is 9.75. The number of nitrogens with one attached hydrogen (secondary N) is 1. The molecule has 2 aromatic rings. The van der Waals surface area contributed by atoms with Crippen molar-refractivity contribution in [2.45, 2.75) is 19.0 Å². The van der Waals surface area contributed by atoms with E-state index in [9.17, 15) is 4.79 Å². The Bertz CT molecular complexity index is 640. The first-order chi connectivity index (χ1) is 9.78. The molecule has 0 bridgehead atoms. The number of methoxy groups -OCH3 is 1. The third kappa shape index (κ3) is 2.42. The van der Waals surface area contributed by atoms with Crippen LogP contribution >= 0.6 is 0 Å². The highest BCUT2D eigenvalue weighted by molar-refractivity contribution is 6.00. The number of hydrogen-bond donors (Lipinski definition) is 1. The molecular formula is C16H16N2O2. The molecule has 1 unspecified atom stereocenters. The van der Waals surface area contributed by atoms with E-state index in [1.165, 1.54) is 11.1 Å². The van der Waals surface area contributed by atoms with Crippen LogP contribution in [0.1, 0.15) is 21.5 Å². The number of rotatable bonds is 3. The summed E-state index contributed by atoms with van der Waals surface area (Å²) in [6.45, 7) is 0.726. The average Bonchev–Trinajstić information content (AvgIpc) is 2.53. The number of Topliss-reactive ketones (excluding diaryl/α,β-unsaturated/α-hetero) is 1. The zero-order chi connectivity index (χ0) is 13.9. The highest BCUT2D eigenvalue weighted by Crippen LogP contribution is 2.19. The predicted molar refractivity (Wildman–Crippen MR) is 75.9 cm³/mol. The van der Waals surface area contributed by atoms with Gasteiger partial charge in [0.05, 0.1) is 19.3 Å². The zero-order valence-electron chi connectivity index (χ0n) is 11.3. The summed E-state index contributed by atoms with van der Waals surface area (Å²) in [7, 11) is 1.57. The van der Waals surface area contributed by atoms with E-state index in [-0.39, 0.29) is 11.8 Å². The molecule has 4 heteroatoms. The highest BCUT2D eigenvalue weighted by atomic mass is 16.5. The zero-order valence-corrected chi connectivity index (χ0v) is 11.3. The van der Waals surface area contributed by atoms with Crippen LogP contribution in [0.3, 0.4) is 0 Å². The van der Waals surface area contributed by atoms with Crippen molar-refractivity contribution in [3.63, 3.8) is 0 Å². The summed E-state index contributed by atoms with van der Waals surface area (Å²) in [5.41, 5.74) is 3.09. The van der Waals surface area contributed by atoms with E-state index >= 15 is 0 Å². The van der Waals surface area contributed by atoms with E-state index in [0.29, 0.717) is 17.7 Å². The largest absolute Gasteiger partial charge is 0.495 e. The number of carbonyl (C=O) groups is 1. The molecule has 1 aliphatic heterocycles. The molecular weight excluding hydrogens is 252 g/mol. The molecule has 1 atom stereocenters. The number of carbonyl (C=O) groups excluding carboxylic acids is 1. The van der Waals surface area contributed by atoms with Crippen molar-refractivity contribution in [3.8, 4) is 5.75 Å². The van der Waals surface area contributed by atoms with E-state index < -0.39 is 0 Å². The molecule has 0 saturated carbocycles. The normalized spacial score (nSPS) is 17.4. The number of pyridine rings is 1. The van der Waals surface area contributed by atoms with E-state index in [1.807, 2.05) is 12.1 Å². The smallest absolute Gasteiger partial charge is 0.181 e. The highest BCUT2D eigenvalue weighted by Gasteiger charge is 2.25. The Kier molecular flexibility index (Phi) is 3.48. The summed E-state index contributed by atoms with van der Waals surface area (Å²) in [5, 5.41) is 3.29. The fraction of sp³-hybridized carbons (Fsp3) is 0.250. The molecule has 1 aromatic heterocycles. The van der Waals surface area contributed by atoms with Crippen LogP contribution in [0.2, 0.25) is 0 Å². The number of aromatic nitrogens is 1. The van der Waals surface area contributed by atoms with Gasteiger partial charge in [0.2, 0.25) is 0 Å². The van der Waals surface area contributed by atoms with Crippen LogP contribution in [-0.4, -0.2) is 23.9 Å². The molecule has 1 N–H and O–H groups in total. The molecule has 0 radical (unpaired) electrons. The Morgan fingerprint density at radius 3 is 2.90 bits per heavy atom. The second kappa shape index (κ2) is 5.43.